The molecule has 0 bridgehead atoms. The van der Waals surface area contributed by atoms with E-state index in [1.54, 1.807) is 29.3 Å². The molecule has 0 saturated heterocycles. The Balaban J connectivity index is 1.28. The Morgan fingerprint density at radius 1 is 0.925 bits per heavy atom. The van der Waals surface area contributed by atoms with Gasteiger partial charge in [-0.15, -0.1) is 0 Å². The predicted octanol–water partition coefficient (Wildman–Crippen LogP) is 5.07. The van der Waals surface area contributed by atoms with Gasteiger partial charge in [0.2, 0.25) is 0 Å². The Hall–Kier alpha value is -5.12. The van der Waals surface area contributed by atoms with Crippen molar-refractivity contribution in [3.05, 3.63) is 96.8 Å². The first-order valence-corrected chi connectivity index (χ1v) is 12.9. The molecule has 0 unspecified atom stereocenters. The van der Waals surface area contributed by atoms with Crippen LogP contribution in [0.5, 0.6) is 0 Å². The van der Waals surface area contributed by atoms with Crippen molar-refractivity contribution in [3.63, 3.8) is 0 Å². The molecule has 10 nitrogen and oxygen atoms in total. The summed E-state index contributed by atoms with van der Waals surface area (Å²) in [5, 5.41) is 15.8. The Bertz CT molecular complexity index is 1810. The molecule has 0 spiro atoms. The minimum Gasteiger partial charge on any atom is -0.360 e. The highest BCUT2D eigenvalue weighted by molar-refractivity contribution is 5.94. The highest BCUT2D eigenvalue weighted by Crippen LogP contribution is 2.35. The zero-order chi connectivity index (χ0) is 27.9. The van der Waals surface area contributed by atoms with Crippen molar-refractivity contribution in [1.82, 2.24) is 39.8 Å². The van der Waals surface area contributed by atoms with Gasteiger partial charge in [-0.2, -0.15) is 10.2 Å². The van der Waals surface area contributed by atoms with Crippen LogP contribution in [0.4, 0.5) is 0 Å². The number of carbonyl (C=O) groups excluding carboxylic acids is 1. The van der Waals surface area contributed by atoms with Crippen LogP contribution in [-0.4, -0.2) is 40.4 Å². The second kappa shape index (κ2) is 9.88. The number of carbonyl (C=O) groups is 1. The topological polar surface area (TPSA) is 116 Å². The molecule has 6 aromatic rings. The molecule has 0 aliphatic carbocycles. The van der Waals surface area contributed by atoms with Gasteiger partial charge in [-0.25, -0.2) is 4.52 Å². The molecule has 0 fully saturated rings. The second-order valence-corrected chi connectivity index (χ2v) is 10.7. The van der Waals surface area contributed by atoms with Crippen molar-refractivity contribution in [3.8, 4) is 33.5 Å². The Labute approximate surface area is 230 Å². The fraction of sp³-hybridized carbons (Fsp3) is 0.200. The quantitative estimate of drug-likeness (QED) is 0.318. The molecule has 0 aliphatic heterocycles. The molecule has 1 amide bonds. The van der Waals surface area contributed by atoms with E-state index in [0.717, 1.165) is 44.6 Å². The zero-order valence-electron chi connectivity index (χ0n) is 22.7. The molecule has 200 valence electrons. The normalized spacial score (nSPS) is 11.7. The van der Waals surface area contributed by atoms with Gasteiger partial charge in [-0.3, -0.25) is 19.4 Å². The summed E-state index contributed by atoms with van der Waals surface area (Å²) in [4.78, 5) is 21.5. The fourth-order valence-electron chi connectivity index (χ4n) is 4.51. The van der Waals surface area contributed by atoms with E-state index in [0.29, 0.717) is 12.3 Å². The van der Waals surface area contributed by atoms with Gasteiger partial charge in [0.05, 0.1) is 29.8 Å². The van der Waals surface area contributed by atoms with Crippen LogP contribution in [-0.2, 0) is 19.0 Å². The van der Waals surface area contributed by atoms with E-state index in [4.69, 9.17) is 4.52 Å². The van der Waals surface area contributed by atoms with E-state index in [1.807, 2.05) is 81.4 Å². The van der Waals surface area contributed by atoms with Gasteiger partial charge < -0.3 is 9.84 Å². The number of amides is 1. The fourth-order valence-corrected chi connectivity index (χ4v) is 4.51. The molecule has 6 rings (SSSR count). The molecule has 1 aromatic carbocycles. The SMILES string of the molecule is Cn1cc(-c2cc(-c3cnccn3)c3c(-c4ccc(CNC(=O)c5cc(C(C)(C)C)on5)cc4)cnn3c2)cn1. The van der Waals surface area contributed by atoms with Crippen molar-refractivity contribution in [2.75, 3.05) is 0 Å². The van der Waals surface area contributed by atoms with E-state index < -0.39 is 0 Å². The van der Waals surface area contributed by atoms with Crippen LogP contribution >= 0.6 is 0 Å². The lowest BCUT2D eigenvalue weighted by atomic mass is 9.93. The lowest BCUT2D eigenvalue weighted by Gasteiger charge is -2.12. The van der Waals surface area contributed by atoms with Gasteiger partial charge in [0, 0.05) is 72.1 Å². The monoisotopic (exact) mass is 532 g/mol. The summed E-state index contributed by atoms with van der Waals surface area (Å²) >= 11 is 0. The zero-order valence-corrected chi connectivity index (χ0v) is 22.7. The van der Waals surface area contributed by atoms with Crippen LogP contribution in [0.2, 0.25) is 0 Å². The summed E-state index contributed by atoms with van der Waals surface area (Å²) in [5.41, 5.74) is 7.53. The summed E-state index contributed by atoms with van der Waals surface area (Å²) in [5.74, 6) is 0.396. The Morgan fingerprint density at radius 2 is 1.75 bits per heavy atom. The number of nitrogens with zero attached hydrogens (tertiary/aromatic N) is 7. The van der Waals surface area contributed by atoms with Crippen molar-refractivity contribution in [1.29, 1.82) is 0 Å². The molecule has 5 aromatic heterocycles. The number of hydrogen-bond donors (Lipinski definition) is 1. The summed E-state index contributed by atoms with van der Waals surface area (Å²) in [6, 6.07) is 11.8. The maximum atomic E-state index is 12.6. The Morgan fingerprint density at radius 3 is 2.42 bits per heavy atom. The first kappa shape index (κ1) is 25.2. The number of aromatic nitrogens is 7. The van der Waals surface area contributed by atoms with Gasteiger partial charge in [-0.1, -0.05) is 50.2 Å². The predicted molar refractivity (Wildman–Crippen MR) is 150 cm³/mol. The van der Waals surface area contributed by atoms with Crippen LogP contribution in [0.1, 0.15) is 42.6 Å². The lowest BCUT2D eigenvalue weighted by molar-refractivity contribution is 0.0941. The highest BCUT2D eigenvalue weighted by Gasteiger charge is 2.22. The standard InChI is InChI=1S/C30H28N8O2/c1-30(2,3)27-12-25(36-40-27)29(39)33-13-19-5-7-20(8-6-19)24-15-35-38-18-21(22-14-34-37(4)17-22)11-23(28(24)38)26-16-31-9-10-32-26/h5-12,14-18H,13H2,1-4H3,(H,33,39). The van der Waals surface area contributed by atoms with E-state index in [1.165, 1.54) is 0 Å². The van der Waals surface area contributed by atoms with Crippen LogP contribution in [0, 0.1) is 0 Å². The molecular weight excluding hydrogens is 504 g/mol. The average Bonchev–Trinajstić information content (AvgIpc) is 3.72. The lowest BCUT2D eigenvalue weighted by Crippen LogP contribution is -2.23. The molecule has 10 heteroatoms. The third-order valence-electron chi connectivity index (χ3n) is 6.69. The minimum absolute atomic E-state index is 0.216. The summed E-state index contributed by atoms with van der Waals surface area (Å²) in [7, 11) is 1.89. The van der Waals surface area contributed by atoms with Gasteiger partial charge in [0.15, 0.2) is 5.69 Å². The average molecular weight is 533 g/mol. The molecule has 40 heavy (non-hydrogen) atoms. The van der Waals surface area contributed by atoms with Crippen molar-refractivity contribution < 1.29 is 9.32 Å². The van der Waals surface area contributed by atoms with E-state index in [-0.39, 0.29) is 17.0 Å². The van der Waals surface area contributed by atoms with Gasteiger partial charge in [0.1, 0.15) is 5.76 Å². The second-order valence-electron chi connectivity index (χ2n) is 10.7. The maximum Gasteiger partial charge on any atom is 0.273 e. The smallest absolute Gasteiger partial charge is 0.273 e. The number of rotatable bonds is 6. The Kier molecular flexibility index (Phi) is 6.22. The van der Waals surface area contributed by atoms with E-state index in [2.05, 4.69) is 36.7 Å². The number of benzene rings is 1. The van der Waals surface area contributed by atoms with E-state index >= 15 is 0 Å². The molecule has 0 aliphatic rings. The summed E-state index contributed by atoms with van der Waals surface area (Å²) < 4.78 is 8.99. The first-order valence-electron chi connectivity index (χ1n) is 12.9. The van der Waals surface area contributed by atoms with Crippen LogP contribution in [0.3, 0.4) is 0 Å². The third kappa shape index (κ3) is 4.86. The number of nitrogens with one attached hydrogen (secondary N) is 1. The third-order valence-corrected chi connectivity index (χ3v) is 6.69. The minimum atomic E-state index is -0.274. The molecule has 5 heterocycles. The largest absolute Gasteiger partial charge is 0.360 e. The molecule has 1 N–H and O–H groups in total. The van der Waals surface area contributed by atoms with Crippen LogP contribution in [0.25, 0.3) is 39.0 Å². The van der Waals surface area contributed by atoms with Gasteiger partial charge >= 0.3 is 0 Å². The molecule has 0 saturated carbocycles. The van der Waals surface area contributed by atoms with Crippen molar-refractivity contribution in [2.45, 2.75) is 32.7 Å². The van der Waals surface area contributed by atoms with Crippen LogP contribution < -0.4 is 5.32 Å². The summed E-state index contributed by atoms with van der Waals surface area (Å²) in [6.07, 6.45) is 12.7. The number of aryl methyl sites for hydroxylation is 1. The molecular formula is C30H28N8O2. The summed E-state index contributed by atoms with van der Waals surface area (Å²) in [6.45, 7) is 6.40. The first-order chi connectivity index (χ1) is 19.3. The molecule has 0 atom stereocenters. The maximum absolute atomic E-state index is 12.6. The highest BCUT2D eigenvalue weighted by atomic mass is 16.5. The number of hydrogen-bond acceptors (Lipinski definition) is 7. The van der Waals surface area contributed by atoms with Gasteiger partial charge in [0.25, 0.3) is 5.91 Å². The van der Waals surface area contributed by atoms with Crippen molar-refractivity contribution >= 4 is 11.4 Å². The van der Waals surface area contributed by atoms with Crippen LogP contribution in [0.15, 0.2) is 84.3 Å². The van der Waals surface area contributed by atoms with Crippen molar-refractivity contribution in [2.24, 2.45) is 7.05 Å². The molecule has 0 radical (unpaired) electrons. The number of fused-ring (bicyclic) bond motifs is 1. The number of pyridine rings is 1. The van der Waals surface area contributed by atoms with E-state index in [9.17, 15) is 4.79 Å². The van der Waals surface area contributed by atoms with Gasteiger partial charge in [-0.05, 0) is 17.2 Å².